The van der Waals surface area contributed by atoms with Gasteiger partial charge >= 0.3 is 0 Å². The Kier molecular flexibility index (Phi) is 4.57. The van der Waals surface area contributed by atoms with Gasteiger partial charge in [0.1, 0.15) is 5.78 Å². The Bertz CT molecular complexity index is 379. The fraction of sp³-hybridized carbons (Fsp3) is 0.588. The van der Waals surface area contributed by atoms with E-state index < -0.39 is 0 Å². The molecule has 0 unspecified atom stereocenters. The minimum atomic E-state index is 0.457. The zero-order chi connectivity index (χ0) is 13.0. The standard InChI is InChI=1S/C17H24O/c1-13(2)11-14-3-5-15(6-4-14)12-16-7-9-17(18)10-8-16/h3-6,13,16H,7-12H2,1-2H3. The lowest BCUT2D eigenvalue weighted by Crippen LogP contribution is -2.15. The SMILES string of the molecule is CC(C)Cc1ccc(CC2CCC(=O)CC2)cc1. The first-order chi connectivity index (χ1) is 8.63. The molecule has 1 aliphatic carbocycles. The molecule has 0 saturated heterocycles. The predicted octanol–water partition coefficient (Wildman–Crippen LogP) is 4.19. The minimum Gasteiger partial charge on any atom is -0.300 e. The summed E-state index contributed by atoms with van der Waals surface area (Å²) in [5.74, 6) is 1.90. The van der Waals surface area contributed by atoms with Gasteiger partial charge in [-0.3, -0.25) is 4.79 Å². The summed E-state index contributed by atoms with van der Waals surface area (Å²) in [6.45, 7) is 4.51. The van der Waals surface area contributed by atoms with E-state index in [0.717, 1.165) is 50.4 Å². The highest BCUT2D eigenvalue weighted by atomic mass is 16.1. The van der Waals surface area contributed by atoms with E-state index in [-0.39, 0.29) is 0 Å². The largest absolute Gasteiger partial charge is 0.300 e. The molecule has 0 amide bonds. The molecule has 1 nitrogen and oxygen atoms in total. The number of carbonyl (C=O) groups is 1. The van der Waals surface area contributed by atoms with Crippen LogP contribution in [-0.4, -0.2) is 5.78 Å². The summed E-state index contributed by atoms with van der Waals surface area (Å²) < 4.78 is 0. The molecule has 1 aromatic carbocycles. The fourth-order valence-corrected chi connectivity index (χ4v) is 2.82. The number of ketones is 1. The topological polar surface area (TPSA) is 17.1 Å². The molecule has 1 aliphatic rings. The maximum Gasteiger partial charge on any atom is 0.132 e. The average molecular weight is 244 g/mol. The average Bonchev–Trinajstić information content (AvgIpc) is 2.34. The molecule has 1 heteroatoms. The number of benzene rings is 1. The Labute approximate surface area is 111 Å². The van der Waals surface area contributed by atoms with E-state index >= 15 is 0 Å². The molecule has 0 aromatic heterocycles. The van der Waals surface area contributed by atoms with Gasteiger partial charge in [-0.25, -0.2) is 0 Å². The lowest BCUT2D eigenvalue weighted by atomic mass is 9.84. The molecule has 0 atom stereocenters. The van der Waals surface area contributed by atoms with Crippen molar-refractivity contribution in [1.29, 1.82) is 0 Å². The van der Waals surface area contributed by atoms with Crippen molar-refractivity contribution in [2.24, 2.45) is 11.8 Å². The highest BCUT2D eigenvalue weighted by Crippen LogP contribution is 2.25. The molecule has 0 heterocycles. The third kappa shape index (κ3) is 3.97. The van der Waals surface area contributed by atoms with Crippen molar-refractivity contribution >= 4 is 5.78 Å². The maximum atomic E-state index is 11.2. The Hall–Kier alpha value is -1.11. The second-order valence-corrected chi connectivity index (χ2v) is 6.10. The fourth-order valence-electron chi connectivity index (χ4n) is 2.82. The third-order valence-corrected chi connectivity index (χ3v) is 3.85. The van der Waals surface area contributed by atoms with E-state index in [1.807, 2.05) is 0 Å². The Balaban J connectivity index is 1.88. The molecule has 18 heavy (non-hydrogen) atoms. The second-order valence-electron chi connectivity index (χ2n) is 6.10. The number of rotatable bonds is 4. The Morgan fingerprint density at radius 3 is 2.17 bits per heavy atom. The molecule has 0 radical (unpaired) electrons. The van der Waals surface area contributed by atoms with Gasteiger partial charge in [0.25, 0.3) is 0 Å². The van der Waals surface area contributed by atoms with Crippen LogP contribution < -0.4 is 0 Å². The van der Waals surface area contributed by atoms with Crippen LogP contribution in [0, 0.1) is 11.8 Å². The monoisotopic (exact) mass is 244 g/mol. The molecule has 0 spiro atoms. The van der Waals surface area contributed by atoms with Gasteiger partial charge in [-0.1, -0.05) is 38.1 Å². The summed E-state index contributed by atoms with van der Waals surface area (Å²) in [5.41, 5.74) is 2.87. The molecular formula is C17H24O. The molecule has 2 rings (SSSR count). The van der Waals surface area contributed by atoms with Crippen molar-refractivity contribution in [3.05, 3.63) is 35.4 Å². The first-order valence-electron chi connectivity index (χ1n) is 7.23. The smallest absolute Gasteiger partial charge is 0.132 e. The van der Waals surface area contributed by atoms with Crippen LogP contribution in [-0.2, 0) is 17.6 Å². The highest BCUT2D eigenvalue weighted by molar-refractivity contribution is 5.79. The van der Waals surface area contributed by atoms with E-state index in [1.165, 1.54) is 11.1 Å². The zero-order valence-corrected chi connectivity index (χ0v) is 11.6. The molecule has 1 fully saturated rings. The first kappa shape index (κ1) is 13.3. The van der Waals surface area contributed by atoms with Crippen molar-refractivity contribution < 1.29 is 4.79 Å². The molecule has 0 bridgehead atoms. The summed E-state index contributed by atoms with van der Waals surface area (Å²) >= 11 is 0. The van der Waals surface area contributed by atoms with E-state index in [9.17, 15) is 4.79 Å². The lowest BCUT2D eigenvalue weighted by molar-refractivity contribution is -0.120. The Morgan fingerprint density at radius 1 is 1.06 bits per heavy atom. The van der Waals surface area contributed by atoms with Crippen LogP contribution in [0.2, 0.25) is 0 Å². The number of hydrogen-bond acceptors (Lipinski definition) is 1. The molecule has 0 aliphatic heterocycles. The quantitative estimate of drug-likeness (QED) is 0.776. The van der Waals surface area contributed by atoms with Gasteiger partial charge in [0.15, 0.2) is 0 Å². The minimum absolute atomic E-state index is 0.457. The van der Waals surface area contributed by atoms with E-state index in [4.69, 9.17) is 0 Å². The number of hydrogen-bond donors (Lipinski definition) is 0. The second kappa shape index (κ2) is 6.17. The van der Waals surface area contributed by atoms with E-state index in [0.29, 0.717) is 5.78 Å². The van der Waals surface area contributed by atoms with Gasteiger partial charge in [-0.2, -0.15) is 0 Å². The van der Waals surface area contributed by atoms with E-state index in [2.05, 4.69) is 38.1 Å². The summed E-state index contributed by atoms with van der Waals surface area (Å²) in [7, 11) is 0. The predicted molar refractivity (Wildman–Crippen MR) is 75.7 cm³/mol. The van der Waals surface area contributed by atoms with E-state index in [1.54, 1.807) is 0 Å². The van der Waals surface area contributed by atoms with Gasteiger partial charge in [0.2, 0.25) is 0 Å². The van der Waals surface area contributed by atoms with Crippen LogP contribution in [0.15, 0.2) is 24.3 Å². The van der Waals surface area contributed by atoms with Gasteiger partial charge in [0, 0.05) is 12.8 Å². The highest BCUT2D eigenvalue weighted by Gasteiger charge is 2.18. The van der Waals surface area contributed by atoms with Gasteiger partial charge in [-0.05, 0) is 48.6 Å². The maximum absolute atomic E-state index is 11.2. The molecule has 0 N–H and O–H groups in total. The molecule has 1 saturated carbocycles. The Morgan fingerprint density at radius 2 is 1.61 bits per heavy atom. The number of Topliss-reactive ketones (excluding diaryl/α,β-unsaturated/α-hetero) is 1. The molecular weight excluding hydrogens is 220 g/mol. The summed E-state index contributed by atoms with van der Waals surface area (Å²) in [5, 5.41) is 0. The van der Waals surface area contributed by atoms with Crippen molar-refractivity contribution in [2.75, 3.05) is 0 Å². The van der Waals surface area contributed by atoms with Crippen LogP contribution >= 0.6 is 0 Å². The third-order valence-electron chi connectivity index (χ3n) is 3.85. The van der Waals surface area contributed by atoms with Crippen LogP contribution in [0.4, 0.5) is 0 Å². The lowest BCUT2D eigenvalue weighted by Gasteiger charge is -2.20. The van der Waals surface area contributed by atoms with Crippen LogP contribution in [0.1, 0.15) is 50.7 Å². The van der Waals surface area contributed by atoms with Crippen molar-refractivity contribution in [3.8, 4) is 0 Å². The van der Waals surface area contributed by atoms with Gasteiger partial charge in [0.05, 0.1) is 0 Å². The van der Waals surface area contributed by atoms with Crippen LogP contribution in [0.5, 0.6) is 0 Å². The molecule has 1 aromatic rings. The summed E-state index contributed by atoms with van der Waals surface area (Å²) in [6.07, 6.45) is 6.10. The van der Waals surface area contributed by atoms with Gasteiger partial charge in [-0.15, -0.1) is 0 Å². The zero-order valence-electron chi connectivity index (χ0n) is 11.6. The first-order valence-corrected chi connectivity index (χ1v) is 7.23. The molecule has 98 valence electrons. The summed E-state index contributed by atoms with van der Waals surface area (Å²) in [6, 6.07) is 9.08. The van der Waals surface area contributed by atoms with Gasteiger partial charge < -0.3 is 0 Å². The van der Waals surface area contributed by atoms with Crippen molar-refractivity contribution in [1.82, 2.24) is 0 Å². The van der Waals surface area contributed by atoms with Crippen LogP contribution in [0.3, 0.4) is 0 Å². The summed E-state index contributed by atoms with van der Waals surface area (Å²) in [4.78, 5) is 11.2. The van der Waals surface area contributed by atoms with Crippen molar-refractivity contribution in [3.63, 3.8) is 0 Å². The number of carbonyl (C=O) groups excluding carboxylic acids is 1. The van der Waals surface area contributed by atoms with Crippen molar-refractivity contribution in [2.45, 2.75) is 52.4 Å². The normalized spacial score (nSPS) is 17.4. The van der Waals surface area contributed by atoms with Crippen LogP contribution in [0.25, 0.3) is 0 Å².